The Hall–Kier alpha value is -0.570. The largest absolute Gasteiger partial charge is 0.355 e. The van der Waals surface area contributed by atoms with E-state index in [0.29, 0.717) is 17.8 Å². The van der Waals surface area contributed by atoms with Crippen LogP contribution in [0.2, 0.25) is 0 Å². The lowest BCUT2D eigenvalue weighted by molar-refractivity contribution is -0.122. The lowest BCUT2D eigenvalue weighted by Crippen LogP contribution is -2.40. The van der Waals surface area contributed by atoms with Gasteiger partial charge in [-0.1, -0.05) is 47.5 Å². The highest BCUT2D eigenvalue weighted by atomic mass is 16.1. The molecule has 0 bridgehead atoms. The van der Waals surface area contributed by atoms with Crippen LogP contribution in [0, 0.1) is 16.7 Å². The van der Waals surface area contributed by atoms with Crippen LogP contribution in [0.3, 0.4) is 0 Å². The maximum Gasteiger partial charge on any atom is 0.221 e. The molecule has 0 aromatic heterocycles. The van der Waals surface area contributed by atoms with E-state index in [1.54, 1.807) is 0 Å². The first-order valence-electron chi connectivity index (χ1n) is 8.64. The normalized spacial score (nSPS) is 19.8. The first-order chi connectivity index (χ1) is 9.62. The van der Waals surface area contributed by atoms with Gasteiger partial charge in [0.2, 0.25) is 5.91 Å². The van der Waals surface area contributed by atoms with Gasteiger partial charge >= 0.3 is 0 Å². The number of nitrogens with one attached hydrogen (secondary N) is 1. The highest BCUT2D eigenvalue weighted by Crippen LogP contribution is 2.42. The number of nitrogens with two attached hydrogens (primary N) is 1. The number of carbonyl (C=O) groups excluding carboxylic acids is 1. The summed E-state index contributed by atoms with van der Waals surface area (Å²) in [6.45, 7) is 11.9. The molecule has 0 radical (unpaired) electrons. The fourth-order valence-electron chi connectivity index (χ4n) is 3.90. The second-order valence-corrected chi connectivity index (χ2v) is 8.81. The molecule has 1 saturated carbocycles. The molecule has 0 saturated heterocycles. The molecule has 0 aromatic carbocycles. The molecule has 1 atom stereocenters. The van der Waals surface area contributed by atoms with Crippen LogP contribution in [0.15, 0.2) is 0 Å². The van der Waals surface area contributed by atoms with Gasteiger partial charge in [0, 0.05) is 19.0 Å². The molecule has 1 fully saturated rings. The SMILES string of the molecule is CC(C)CC1(CNC(=O)CC(N)CC(C)(C)C)CCCC1. The standard InChI is InChI=1S/C18H36N2O/c1-14(2)11-18(8-6-7-9-18)13-20-16(21)10-15(19)12-17(3,4)5/h14-15H,6-13,19H2,1-5H3,(H,20,21). The van der Waals surface area contributed by atoms with Crippen LogP contribution in [0.1, 0.15) is 79.6 Å². The van der Waals surface area contributed by atoms with Crippen molar-refractivity contribution in [2.24, 2.45) is 22.5 Å². The molecular formula is C18H36N2O. The molecule has 0 aliphatic heterocycles. The average molecular weight is 296 g/mol. The van der Waals surface area contributed by atoms with E-state index in [9.17, 15) is 4.79 Å². The molecule has 0 spiro atoms. The first kappa shape index (κ1) is 18.5. The molecule has 1 amide bonds. The molecule has 3 N–H and O–H groups in total. The molecule has 1 rings (SSSR count). The zero-order chi connectivity index (χ0) is 16.1. The number of carbonyl (C=O) groups is 1. The van der Waals surface area contributed by atoms with E-state index in [1.807, 2.05) is 0 Å². The van der Waals surface area contributed by atoms with Crippen LogP contribution in [0.25, 0.3) is 0 Å². The zero-order valence-electron chi connectivity index (χ0n) is 14.8. The summed E-state index contributed by atoms with van der Waals surface area (Å²) in [6, 6.07) is -0.0328. The molecule has 1 aliphatic rings. The van der Waals surface area contributed by atoms with Crippen molar-refractivity contribution in [3.05, 3.63) is 0 Å². The summed E-state index contributed by atoms with van der Waals surface area (Å²) in [7, 11) is 0. The van der Waals surface area contributed by atoms with Gasteiger partial charge in [0.1, 0.15) is 0 Å². The van der Waals surface area contributed by atoms with Crippen LogP contribution < -0.4 is 11.1 Å². The topological polar surface area (TPSA) is 55.1 Å². The lowest BCUT2D eigenvalue weighted by atomic mass is 9.78. The fraction of sp³-hybridized carbons (Fsp3) is 0.944. The predicted octanol–water partition coefficient (Wildman–Crippen LogP) is 3.86. The van der Waals surface area contributed by atoms with E-state index in [1.165, 1.54) is 32.1 Å². The van der Waals surface area contributed by atoms with E-state index >= 15 is 0 Å². The zero-order valence-corrected chi connectivity index (χ0v) is 14.8. The van der Waals surface area contributed by atoms with Gasteiger partial charge in [0.25, 0.3) is 0 Å². The molecule has 0 heterocycles. The Morgan fingerprint density at radius 3 is 2.29 bits per heavy atom. The molecule has 21 heavy (non-hydrogen) atoms. The highest BCUT2D eigenvalue weighted by Gasteiger charge is 2.34. The van der Waals surface area contributed by atoms with E-state index < -0.39 is 0 Å². The fourth-order valence-corrected chi connectivity index (χ4v) is 3.90. The third-order valence-corrected chi connectivity index (χ3v) is 4.49. The number of hydrogen-bond donors (Lipinski definition) is 2. The van der Waals surface area contributed by atoms with Crippen molar-refractivity contribution in [3.8, 4) is 0 Å². The van der Waals surface area contributed by atoms with Crippen molar-refractivity contribution in [2.75, 3.05) is 6.54 Å². The third-order valence-electron chi connectivity index (χ3n) is 4.49. The van der Waals surface area contributed by atoms with Gasteiger partial charge in [-0.15, -0.1) is 0 Å². The molecule has 1 unspecified atom stereocenters. The second kappa shape index (κ2) is 7.62. The summed E-state index contributed by atoms with van der Waals surface area (Å²) in [5, 5.41) is 3.17. The maximum atomic E-state index is 12.1. The molecule has 3 heteroatoms. The number of amides is 1. The van der Waals surface area contributed by atoms with Crippen LogP contribution in [-0.4, -0.2) is 18.5 Å². The number of hydrogen-bond acceptors (Lipinski definition) is 2. The minimum atomic E-state index is -0.0328. The van der Waals surface area contributed by atoms with E-state index in [2.05, 4.69) is 39.9 Å². The molecule has 3 nitrogen and oxygen atoms in total. The molecular weight excluding hydrogens is 260 g/mol. The Balaban J connectivity index is 2.40. The minimum absolute atomic E-state index is 0.0328. The Morgan fingerprint density at radius 2 is 1.81 bits per heavy atom. The third kappa shape index (κ3) is 7.30. The van der Waals surface area contributed by atoms with Gasteiger partial charge in [-0.2, -0.15) is 0 Å². The summed E-state index contributed by atoms with van der Waals surface area (Å²) in [5.74, 6) is 0.824. The van der Waals surface area contributed by atoms with Gasteiger partial charge in [0.15, 0.2) is 0 Å². The van der Waals surface area contributed by atoms with Crippen LogP contribution >= 0.6 is 0 Å². The van der Waals surface area contributed by atoms with Crippen molar-refractivity contribution in [1.82, 2.24) is 5.32 Å². The van der Waals surface area contributed by atoms with Crippen molar-refractivity contribution in [3.63, 3.8) is 0 Å². The monoisotopic (exact) mass is 296 g/mol. The summed E-state index contributed by atoms with van der Waals surface area (Å²) in [4.78, 5) is 12.1. The summed E-state index contributed by atoms with van der Waals surface area (Å²) in [5.41, 5.74) is 6.63. The Kier molecular flexibility index (Phi) is 6.71. The quantitative estimate of drug-likeness (QED) is 0.749. The Bertz CT molecular complexity index is 325. The van der Waals surface area contributed by atoms with Crippen molar-refractivity contribution < 1.29 is 4.79 Å². The van der Waals surface area contributed by atoms with E-state index in [-0.39, 0.29) is 17.4 Å². The minimum Gasteiger partial charge on any atom is -0.355 e. The van der Waals surface area contributed by atoms with Crippen molar-refractivity contribution in [1.29, 1.82) is 0 Å². The van der Waals surface area contributed by atoms with Crippen LogP contribution in [-0.2, 0) is 4.79 Å². The smallest absolute Gasteiger partial charge is 0.221 e. The average Bonchev–Trinajstić information content (AvgIpc) is 2.71. The summed E-state index contributed by atoms with van der Waals surface area (Å²) >= 11 is 0. The predicted molar refractivity (Wildman–Crippen MR) is 90.0 cm³/mol. The molecule has 1 aliphatic carbocycles. The maximum absolute atomic E-state index is 12.1. The van der Waals surface area contributed by atoms with E-state index in [4.69, 9.17) is 5.73 Å². The van der Waals surface area contributed by atoms with Gasteiger partial charge in [0.05, 0.1) is 0 Å². The summed E-state index contributed by atoms with van der Waals surface area (Å²) in [6.07, 6.45) is 7.71. The van der Waals surface area contributed by atoms with E-state index in [0.717, 1.165) is 13.0 Å². The Morgan fingerprint density at radius 1 is 1.24 bits per heavy atom. The van der Waals surface area contributed by atoms with Crippen LogP contribution in [0.5, 0.6) is 0 Å². The summed E-state index contributed by atoms with van der Waals surface area (Å²) < 4.78 is 0. The van der Waals surface area contributed by atoms with Gasteiger partial charge in [-0.05, 0) is 42.4 Å². The second-order valence-electron chi connectivity index (χ2n) is 8.81. The van der Waals surface area contributed by atoms with Crippen LogP contribution in [0.4, 0.5) is 0 Å². The van der Waals surface area contributed by atoms with Crippen molar-refractivity contribution in [2.45, 2.75) is 85.6 Å². The van der Waals surface area contributed by atoms with Gasteiger partial charge in [-0.25, -0.2) is 0 Å². The van der Waals surface area contributed by atoms with Gasteiger partial charge in [-0.3, -0.25) is 4.79 Å². The number of rotatable bonds is 7. The molecule has 124 valence electrons. The Labute approximate surface area is 131 Å². The highest BCUT2D eigenvalue weighted by molar-refractivity contribution is 5.76. The first-order valence-corrected chi connectivity index (χ1v) is 8.64. The molecule has 0 aromatic rings. The lowest BCUT2D eigenvalue weighted by Gasteiger charge is -2.31. The van der Waals surface area contributed by atoms with Gasteiger partial charge < -0.3 is 11.1 Å². The van der Waals surface area contributed by atoms with Crippen molar-refractivity contribution >= 4 is 5.91 Å².